The van der Waals surface area contributed by atoms with Gasteiger partial charge < -0.3 is 19.9 Å². The number of carbonyl (C=O) groups excluding carboxylic acids is 1. The van der Waals surface area contributed by atoms with Gasteiger partial charge in [0.05, 0.1) is 17.6 Å². The van der Waals surface area contributed by atoms with Crippen LogP contribution in [0.1, 0.15) is 50.6 Å². The lowest BCUT2D eigenvalue weighted by atomic mass is 10.1. The average molecular weight is 633 g/mol. The molecule has 0 fully saturated rings. The number of aromatic nitrogens is 3. The molecule has 0 spiro atoms. The quantitative estimate of drug-likeness (QED) is 0.0852. The Morgan fingerprint density at radius 2 is 1.95 bits per heavy atom. The summed E-state index contributed by atoms with van der Waals surface area (Å²) in [4.78, 5) is 40.5. The number of rotatable bonds is 10. The highest BCUT2D eigenvalue weighted by Gasteiger charge is 2.24. The summed E-state index contributed by atoms with van der Waals surface area (Å²) in [7, 11) is -4.88. The maximum atomic E-state index is 12.5. The van der Waals surface area contributed by atoms with Crippen LogP contribution in [0.4, 0.5) is 5.82 Å². The molecule has 2 aromatic carbocycles. The number of nitrogen functional groups attached to an aromatic ring is 1. The van der Waals surface area contributed by atoms with E-state index >= 15 is 0 Å². The van der Waals surface area contributed by atoms with E-state index in [1.165, 1.54) is 6.07 Å². The number of anilines is 1. The van der Waals surface area contributed by atoms with Crippen LogP contribution < -0.4 is 10.3 Å². The molecule has 4 aromatic rings. The Morgan fingerprint density at radius 1 is 1.20 bits per heavy atom. The fourth-order valence-electron chi connectivity index (χ4n) is 4.77. The summed E-state index contributed by atoms with van der Waals surface area (Å²) in [6, 6.07) is 10.2. The molecule has 2 heterocycles. The summed E-state index contributed by atoms with van der Waals surface area (Å²) in [5, 5.41) is 11.8. The third-order valence-corrected chi connectivity index (χ3v) is 7.63. The minimum Gasteiger partial charge on any atom is -0.504 e. The van der Waals surface area contributed by atoms with Crippen molar-refractivity contribution < 1.29 is 33.4 Å². The van der Waals surface area contributed by atoms with Gasteiger partial charge in [0.2, 0.25) is 0 Å². The molecule has 0 bridgehead atoms. The van der Waals surface area contributed by atoms with Crippen molar-refractivity contribution in [1.29, 1.82) is 0 Å². The molecule has 11 nitrogen and oxygen atoms in total. The number of amides is 1. The standard InChI is InChI=1S/C27H31BrN5O6P/c1-4-6-10-22-31-24-25(33(22)15-18-8-7-9-21(26(18)35)39-40(36,37)38)19-13-17(11-12-20(19)30-27(24)29)16(3)32(5-2)23(34)14-28/h7-9,11-13,29H,4-6,10,14-15H2,1-3H3,(H3,35,36,37,38)/p+1. The minimum atomic E-state index is -4.88. The molecule has 13 heteroatoms. The van der Waals surface area contributed by atoms with Gasteiger partial charge >= 0.3 is 13.7 Å². The normalized spacial score (nSPS) is 12.7. The molecule has 0 aliphatic rings. The molecule has 1 amide bonds. The fraction of sp³-hybridized carbons (Fsp3) is 0.333. The largest absolute Gasteiger partial charge is 0.524 e. The third kappa shape index (κ3) is 6.05. The van der Waals surface area contributed by atoms with E-state index < -0.39 is 7.82 Å². The van der Waals surface area contributed by atoms with E-state index in [1.54, 1.807) is 16.7 Å². The smallest absolute Gasteiger partial charge is 0.504 e. The highest BCUT2D eigenvalue weighted by molar-refractivity contribution is 9.09. The number of pyridine rings is 1. The molecule has 0 unspecified atom stereocenters. The molecule has 0 saturated carbocycles. The molecule has 5 N–H and O–H groups in total. The number of imidazole rings is 1. The molecule has 212 valence electrons. The van der Waals surface area contributed by atoms with Gasteiger partial charge in [0, 0.05) is 29.9 Å². The predicted molar refractivity (Wildman–Crippen MR) is 157 cm³/mol. The second kappa shape index (κ2) is 12.1. The minimum absolute atomic E-state index is 0.0551. The van der Waals surface area contributed by atoms with Gasteiger partial charge in [0.15, 0.2) is 23.0 Å². The first-order valence-corrected chi connectivity index (χ1v) is 15.5. The van der Waals surface area contributed by atoms with E-state index in [2.05, 4.69) is 27.8 Å². The SMILES string of the molecule is CCCCc1nc2c(N)nc3ccc(C(C)=[N+](CC)C(=O)CBr)cc3c2n1Cc1cccc(OP(=O)(O)O)c1O. The fourth-order valence-corrected chi connectivity index (χ4v) is 5.48. The number of phosphoric ester groups is 1. The van der Waals surface area contributed by atoms with Gasteiger partial charge in [-0.15, -0.1) is 0 Å². The summed E-state index contributed by atoms with van der Waals surface area (Å²) < 4.78 is 19.8. The molecule has 0 atom stereocenters. The molecule has 4 rings (SSSR count). The number of alkyl halides is 1. The molecule has 0 aliphatic carbocycles. The lowest BCUT2D eigenvalue weighted by molar-refractivity contribution is -0.442. The highest BCUT2D eigenvalue weighted by Crippen LogP contribution is 2.43. The Kier molecular flexibility index (Phi) is 8.94. The molecule has 0 radical (unpaired) electrons. The van der Waals surface area contributed by atoms with Gasteiger partial charge in [-0.1, -0.05) is 41.4 Å². The van der Waals surface area contributed by atoms with Gasteiger partial charge in [-0.3, -0.25) is 9.79 Å². The Morgan fingerprint density at radius 3 is 2.60 bits per heavy atom. The number of fused-ring (bicyclic) bond motifs is 3. The molecular formula is C27H32BrN5O6P+. The number of benzene rings is 2. The summed E-state index contributed by atoms with van der Waals surface area (Å²) in [5.74, 6) is 0.242. The molecule has 0 aliphatic heterocycles. The topological polar surface area (TPSA) is 164 Å². The van der Waals surface area contributed by atoms with Crippen LogP contribution in [0.2, 0.25) is 0 Å². The lowest BCUT2D eigenvalue weighted by Crippen LogP contribution is -2.27. The van der Waals surface area contributed by atoms with Crippen LogP contribution in [-0.4, -0.2) is 57.5 Å². The third-order valence-electron chi connectivity index (χ3n) is 6.72. The van der Waals surface area contributed by atoms with Crippen molar-refractivity contribution in [2.75, 3.05) is 17.6 Å². The number of aryl methyl sites for hydroxylation is 1. The Hall–Kier alpha value is -3.31. The molecule has 40 heavy (non-hydrogen) atoms. The van der Waals surface area contributed by atoms with Crippen LogP contribution in [0.25, 0.3) is 21.9 Å². The number of carbonyl (C=O) groups is 1. The Labute approximate surface area is 239 Å². The number of phenols is 1. The van der Waals surface area contributed by atoms with Gasteiger partial charge in [0.25, 0.3) is 0 Å². The number of nitrogens with zero attached hydrogens (tertiary/aromatic N) is 4. The maximum Gasteiger partial charge on any atom is 0.524 e. The Bertz CT molecular complexity index is 1680. The zero-order valence-corrected chi connectivity index (χ0v) is 24.9. The second-order valence-electron chi connectivity index (χ2n) is 9.35. The zero-order chi connectivity index (χ0) is 29.2. The summed E-state index contributed by atoms with van der Waals surface area (Å²) in [6.07, 6.45) is 2.43. The van der Waals surface area contributed by atoms with Crippen LogP contribution in [0, 0.1) is 0 Å². The number of nitrogens with two attached hydrogens (primary N) is 1. The van der Waals surface area contributed by atoms with Crippen LogP contribution >= 0.6 is 23.8 Å². The first-order valence-electron chi connectivity index (χ1n) is 12.8. The van der Waals surface area contributed by atoms with E-state index in [4.69, 9.17) is 15.2 Å². The average Bonchev–Trinajstić information content (AvgIpc) is 3.28. The summed E-state index contributed by atoms with van der Waals surface area (Å²) in [6.45, 7) is 6.52. The number of halogens is 1. The number of aromatic hydroxyl groups is 1. The predicted octanol–water partition coefficient (Wildman–Crippen LogP) is 4.50. The monoisotopic (exact) mass is 632 g/mol. The first-order chi connectivity index (χ1) is 19.0. The van der Waals surface area contributed by atoms with Gasteiger partial charge in [-0.05, 0) is 37.6 Å². The van der Waals surface area contributed by atoms with Crippen LogP contribution in [-0.2, 0) is 22.3 Å². The number of para-hydroxylation sites is 1. The lowest BCUT2D eigenvalue weighted by Gasteiger charge is -2.15. The van der Waals surface area contributed by atoms with Crippen molar-refractivity contribution in [2.45, 2.75) is 46.6 Å². The van der Waals surface area contributed by atoms with E-state index in [9.17, 15) is 24.3 Å². The molecular weight excluding hydrogens is 601 g/mol. The Balaban J connectivity index is 1.98. The maximum absolute atomic E-state index is 12.5. The van der Waals surface area contributed by atoms with E-state index in [1.807, 2.05) is 36.6 Å². The van der Waals surface area contributed by atoms with Crippen LogP contribution in [0.15, 0.2) is 36.4 Å². The van der Waals surface area contributed by atoms with Crippen molar-refractivity contribution in [3.05, 3.63) is 53.3 Å². The molecule has 2 aromatic heterocycles. The highest BCUT2D eigenvalue weighted by atomic mass is 79.9. The van der Waals surface area contributed by atoms with Gasteiger partial charge in [-0.2, -0.15) is 4.58 Å². The van der Waals surface area contributed by atoms with Gasteiger partial charge in [-0.25, -0.2) is 19.3 Å². The second-order valence-corrected chi connectivity index (χ2v) is 11.1. The zero-order valence-electron chi connectivity index (χ0n) is 22.5. The van der Waals surface area contributed by atoms with Crippen molar-refractivity contribution in [2.24, 2.45) is 0 Å². The summed E-state index contributed by atoms with van der Waals surface area (Å²) in [5.41, 5.74) is 10.2. The van der Waals surface area contributed by atoms with E-state index in [0.717, 1.165) is 35.3 Å². The first kappa shape index (κ1) is 29.7. The van der Waals surface area contributed by atoms with E-state index in [0.29, 0.717) is 35.1 Å². The van der Waals surface area contributed by atoms with Crippen molar-refractivity contribution in [1.82, 2.24) is 14.5 Å². The summed E-state index contributed by atoms with van der Waals surface area (Å²) >= 11 is 3.26. The van der Waals surface area contributed by atoms with Crippen molar-refractivity contribution >= 4 is 63.1 Å². The van der Waals surface area contributed by atoms with E-state index in [-0.39, 0.29) is 35.1 Å². The number of hydrogen-bond donors (Lipinski definition) is 4. The van der Waals surface area contributed by atoms with Crippen molar-refractivity contribution in [3.8, 4) is 11.5 Å². The van der Waals surface area contributed by atoms with Gasteiger partial charge in [0.1, 0.15) is 23.2 Å². The number of phenolic OH excluding ortho intramolecular Hbond substituents is 1. The number of unbranched alkanes of at least 4 members (excludes halogenated alkanes) is 1. The van der Waals surface area contributed by atoms with Crippen LogP contribution in [0.3, 0.4) is 0 Å². The van der Waals surface area contributed by atoms with Crippen LogP contribution in [0.5, 0.6) is 11.5 Å². The number of phosphoric acid groups is 1. The molecule has 0 saturated heterocycles. The van der Waals surface area contributed by atoms with Crippen molar-refractivity contribution in [3.63, 3.8) is 0 Å². The number of hydrogen-bond acceptors (Lipinski definition) is 7.